The van der Waals surface area contributed by atoms with E-state index in [1.807, 2.05) is 0 Å². The fourth-order valence-electron chi connectivity index (χ4n) is 2.94. The molecule has 2 aromatic rings. The lowest BCUT2D eigenvalue weighted by Crippen LogP contribution is -2.27. The fourth-order valence-corrected chi connectivity index (χ4v) is 2.94. The van der Waals surface area contributed by atoms with Gasteiger partial charge in [0.25, 0.3) is 11.8 Å². The zero-order valence-electron chi connectivity index (χ0n) is 16.2. The van der Waals surface area contributed by atoms with E-state index in [0.29, 0.717) is 16.9 Å². The molecule has 0 atom stereocenters. The first-order chi connectivity index (χ1) is 14.0. The predicted molar refractivity (Wildman–Crippen MR) is 102 cm³/mol. The van der Waals surface area contributed by atoms with Crippen LogP contribution in [0.5, 0.6) is 11.5 Å². The quantitative estimate of drug-likeness (QED) is 0.773. The molecule has 6 nitrogen and oxygen atoms in total. The fraction of sp³-hybridized carbons (Fsp3) is 0.238. The number of carbonyl (C=O) groups is 2. The van der Waals surface area contributed by atoms with Crippen LogP contribution in [0.2, 0.25) is 0 Å². The van der Waals surface area contributed by atoms with E-state index >= 15 is 0 Å². The van der Waals surface area contributed by atoms with Crippen LogP contribution in [0.1, 0.15) is 16.7 Å². The smallest absolute Gasteiger partial charge is 0.416 e. The summed E-state index contributed by atoms with van der Waals surface area (Å²) in [4.78, 5) is 24.9. The molecule has 2 amide bonds. The number of nitrogens with one attached hydrogen (secondary N) is 1. The van der Waals surface area contributed by atoms with Crippen molar-refractivity contribution >= 4 is 11.8 Å². The van der Waals surface area contributed by atoms with Crippen LogP contribution in [0, 0.1) is 6.92 Å². The number of hydrogen-bond donors (Lipinski definition) is 2. The van der Waals surface area contributed by atoms with Crippen LogP contribution in [0.25, 0.3) is 0 Å². The number of halogens is 3. The molecule has 0 aromatic heterocycles. The van der Waals surface area contributed by atoms with E-state index in [0.717, 1.165) is 12.1 Å². The van der Waals surface area contributed by atoms with E-state index in [2.05, 4.69) is 5.32 Å². The molecular formula is C21H19F3N2O4. The van der Waals surface area contributed by atoms with Crippen LogP contribution < -0.4 is 10.1 Å². The van der Waals surface area contributed by atoms with Gasteiger partial charge in [-0.15, -0.1) is 0 Å². The summed E-state index contributed by atoms with van der Waals surface area (Å²) in [5.74, 6) is -1.31. The van der Waals surface area contributed by atoms with Gasteiger partial charge < -0.3 is 20.1 Å². The van der Waals surface area contributed by atoms with Crippen LogP contribution in [0.3, 0.4) is 0 Å². The average Bonchev–Trinajstić information content (AvgIpc) is 2.93. The molecule has 0 saturated heterocycles. The van der Waals surface area contributed by atoms with Gasteiger partial charge in [-0.05, 0) is 48.4 Å². The number of ether oxygens (including phenoxy) is 1. The highest BCUT2D eigenvalue weighted by atomic mass is 19.4. The maximum absolute atomic E-state index is 12.9. The Bertz CT molecular complexity index is 1010. The Labute approximate surface area is 170 Å². The molecule has 0 saturated carbocycles. The number of aliphatic hydroxyl groups excluding tert-OH is 1. The molecule has 0 radical (unpaired) electrons. The number of aryl methyl sites for hydroxylation is 1. The highest BCUT2D eigenvalue weighted by molar-refractivity contribution is 6.06. The molecule has 1 aliphatic rings. The standard InChI is InChI=1S/C21H19F3N2O4/c1-12-7-14(21(22,23)24)9-16(8-12)30-15-5-3-13(4-6-15)10-25-19(28)17-11-26(2)20(29)18(17)27/h3-9,27H,10-11H2,1-2H3,(H,25,28). The molecule has 1 heterocycles. The van der Waals surface area contributed by atoms with Crippen LogP contribution in [-0.4, -0.2) is 35.4 Å². The zero-order valence-corrected chi connectivity index (χ0v) is 16.2. The second-order valence-electron chi connectivity index (χ2n) is 6.95. The van der Waals surface area contributed by atoms with Crippen LogP contribution in [0.15, 0.2) is 53.8 Å². The monoisotopic (exact) mass is 420 g/mol. The summed E-state index contributed by atoms with van der Waals surface area (Å²) in [6.45, 7) is 1.72. The third kappa shape index (κ3) is 4.73. The lowest BCUT2D eigenvalue weighted by molar-refractivity contribution is -0.137. The molecule has 2 N–H and O–H groups in total. The molecule has 30 heavy (non-hydrogen) atoms. The van der Waals surface area contributed by atoms with Crippen molar-refractivity contribution in [3.63, 3.8) is 0 Å². The van der Waals surface area contributed by atoms with Crippen molar-refractivity contribution in [1.82, 2.24) is 10.2 Å². The summed E-state index contributed by atoms with van der Waals surface area (Å²) in [5, 5.41) is 12.3. The second kappa shape index (κ2) is 8.10. The Morgan fingerprint density at radius 2 is 1.83 bits per heavy atom. The summed E-state index contributed by atoms with van der Waals surface area (Å²) in [7, 11) is 1.48. The summed E-state index contributed by atoms with van der Waals surface area (Å²) < 4.78 is 44.3. The van der Waals surface area contributed by atoms with Gasteiger partial charge in [-0.3, -0.25) is 9.59 Å². The number of likely N-dealkylation sites (N-methyl/N-ethyl adjacent to an activating group) is 1. The van der Waals surface area contributed by atoms with E-state index in [9.17, 15) is 27.9 Å². The lowest BCUT2D eigenvalue weighted by Gasteiger charge is -2.12. The topological polar surface area (TPSA) is 78.9 Å². The third-order valence-corrected chi connectivity index (χ3v) is 4.49. The van der Waals surface area contributed by atoms with E-state index < -0.39 is 29.3 Å². The Balaban J connectivity index is 1.63. The maximum atomic E-state index is 12.9. The molecule has 2 aromatic carbocycles. The molecule has 0 aliphatic carbocycles. The van der Waals surface area contributed by atoms with Crippen molar-refractivity contribution in [2.75, 3.05) is 13.6 Å². The minimum atomic E-state index is -4.46. The van der Waals surface area contributed by atoms with Gasteiger partial charge in [0.1, 0.15) is 11.5 Å². The number of rotatable bonds is 5. The van der Waals surface area contributed by atoms with Crippen LogP contribution in [-0.2, 0) is 22.3 Å². The van der Waals surface area contributed by atoms with Gasteiger partial charge in [0.05, 0.1) is 17.7 Å². The first-order valence-corrected chi connectivity index (χ1v) is 8.96. The summed E-state index contributed by atoms with van der Waals surface area (Å²) in [6.07, 6.45) is -4.46. The van der Waals surface area contributed by atoms with Gasteiger partial charge in [-0.2, -0.15) is 13.2 Å². The minimum absolute atomic E-state index is 0.00219. The van der Waals surface area contributed by atoms with Crippen molar-refractivity contribution in [3.05, 3.63) is 70.5 Å². The SMILES string of the molecule is Cc1cc(Oc2ccc(CNC(=O)C3=C(O)C(=O)N(C)C3)cc2)cc(C(F)(F)F)c1. The van der Waals surface area contributed by atoms with E-state index in [1.165, 1.54) is 18.0 Å². The molecule has 158 valence electrons. The maximum Gasteiger partial charge on any atom is 0.416 e. The molecular weight excluding hydrogens is 401 g/mol. The minimum Gasteiger partial charge on any atom is -0.503 e. The van der Waals surface area contributed by atoms with E-state index in [1.54, 1.807) is 31.2 Å². The van der Waals surface area contributed by atoms with Crippen molar-refractivity contribution in [1.29, 1.82) is 0 Å². The number of alkyl halides is 3. The molecule has 0 spiro atoms. The first kappa shape index (κ1) is 21.2. The number of hydrogen-bond acceptors (Lipinski definition) is 4. The van der Waals surface area contributed by atoms with Gasteiger partial charge in [0, 0.05) is 13.6 Å². The van der Waals surface area contributed by atoms with Crippen molar-refractivity contribution in [2.45, 2.75) is 19.6 Å². The van der Waals surface area contributed by atoms with Gasteiger partial charge in [0.15, 0.2) is 5.76 Å². The lowest BCUT2D eigenvalue weighted by atomic mass is 10.1. The molecule has 0 unspecified atom stereocenters. The first-order valence-electron chi connectivity index (χ1n) is 8.96. The summed E-state index contributed by atoms with van der Waals surface area (Å²) in [5.41, 5.74) is 0.342. The molecule has 0 fully saturated rings. The predicted octanol–water partition coefficient (Wildman–Crippen LogP) is 3.71. The average molecular weight is 420 g/mol. The number of carbonyl (C=O) groups excluding carboxylic acids is 2. The molecule has 0 bridgehead atoms. The zero-order chi connectivity index (χ0) is 22.1. The van der Waals surface area contributed by atoms with Gasteiger partial charge in [0.2, 0.25) is 0 Å². The van der Waals surface area contributed by atoms with Crippen molar-refractivity contribution in [3.8, 4) is 11.5 Å². The number of aliphatic hydroxyl groups is 1. The van der Waals surface area contributed by atoms with Crippen molar-refractivity contribution < 1.29 is 32.6 Å². The van der Waals surface area contributed by atoms with E-state index in [4.69, 9.17) is 4.74 Å². The highest BCUT2D eigenvalue weighted by Gasteiger charge is 2.32. The Morgan fingerprint density at radius 3 is 2.40 bits per heavy atom. The van der Waals surface area contributed by atoms with Gasteiger partial charge in [-0.1, -0.05) is 12.1 Å². The van der Waals surface area contributed by atoms with Gasteiger partial charge >= 0.3 is 6.18 Å². The molecule has 3 rings (SSSR count). The number of amides is 2. The summed E-state index contributed by atoms with van der Waals surface area (Å²) in [6, 6.07) is 9.92. The van der Waals surface area contributed by atoms with Gasteiger partial charge in [-0.25, -0.2) is 0 Å². The normalized spacial score (nSPS) is 14.3. The Hall–Kier alpha value is -3.49. The molecule has 1 aliphatic heterocycles. The third-order valence-electron chi connectivity index (χ3n) is 4.49. The van der Waals surface area contributed by atoms with Crippen molar-refractivity contribution in [2.24, 2.45) is 0 Å². The number of nitrogens with zero attached hydrogens (tertiary/aromatic N) is 1. The number of benzene rings is 2. The van der Waals surface area contributed by atoms with E-state index in [-0.39, 0.29) is 24.4 Å². The van der Waals surface area contributed by atoms with Crippen LogP contribution >= 0.6 is 0 Å². The van der Waals surface area contributed by atoms with Crippen LogP contribution in [0.4, 0.5) is 13.2 Å². The molecule has 9 heteroatoms. The summed E-state index contributed by atoms with van der Waals surface area (Å²) >= 11 is 0. The second-order valence-corrected chi connectivity index (χ2v) is 6.95. The largest absolute Gasteiger partial charge is 0.503 e. The highest BCUT2D eigenvalue weighted by Crippen LogP contribution is 2.34. The Kier molecular flexibility index (Phi) is 5.73. The Morgan fingerprint density at radius 1 is 1.17 bits per heavy atom.